The molecule has 0 unspecified atom stereocenters. The predicted octanol–water partition coefficient (Wildman–Crippen LogP) is 2.54. The molecule has 0 atom stereocenters. The second-order valence-corrected chi connectivity index (χ2v) is 5.05. The lowest BCUT2D eigenvalue weighted by atomic mass is 10.2. The maximum absolute atomic E-state index is 11.8. The molecule has 2 rings (SSSR count). The van der Waals surface area contributed by atoms with Gasteiger partial charge in [-0.25, -0.2) is 0 Å². The van der Waals surface area contributed by atoms with Gasteiger partial charge in [-0.1, -0.05) is 30.3 Å². The fourth-order valence-electron chi connectivity index (χ4n) is 1.87. The highest BCUT2D eigenvalue weighted by Gasteiger charge is 2.06. The van der Waals surface area contributed by atoms with Crippen LogP contribution in [0.1, 0.15) is 15.9 Å². The minimum Gasteiger partial charge on any atom is -0.493 e. The van der Waals surface area contributed by atoms with Gasteiger partial charge in [0.15, 0.2) is 5.11 Å². The fraction of sp³-hybridized carbons (Fsp3) is 0.176. The molecule has 2 aromatic carbocycles. The lowest BCUT2D eigenvalue weighted by molar-refractivity contribution is 0.0977. The molecule has 4 nitrogen and oxygen atoms in total. The van der Waals surface area contributed by atoms with Gasteiger partial charge in [0.05, 0.1) is 6.61 Å². The van der Waals surface area contributed by atoms with E-state index in [1.807, 2.05) is 18.2 Å². The summed E-state index contributed by atoms with van der Waals surface area (Å²) in [6, 6.07) is 17.1. The molecule has 0 aliphatic heterocycles. The average molecular weight is 314 g/mol. The summed E-state index contributed by atoms with van der Waals surface area (Å²) in [7, 11) is 1.66. The van der Waals surface area contributed by atoms with E-state index in [1.165, 1.54) is 5.56 Å². The maximum Gasteiger partial charge on any atom is 0.257 e. The molecule has 0 saturated heterocycles. The zero-order chi connectivity index (χ0) is 15.8. The van der Waals surface area contributed by atoms with Crippen molar-refractivity contribution >= 4 is 23.2 Å². The molecular formula is C17H18N2O2S. The maximum atomic E-state index is 11.8. The molecule has 0 bridgehead atoms. The molecule has 0 aliphatic carbocycles. The van der Waals surface area contributed by atoms with Crippen LogP contribution in [0, 0.1) is 0 Å². The van der Waals surface area contributed by atoms with Gasteiger partial charge in [-0.05, 0) is 42.0 Å². The van der Waals surface area contributed by atoms with Crippen molar-refractivity contribution in [2.24, 2.45) is 0 Å². The first-order chi connectivity index (χ1) is 10.7. The minimum absolute atomic E-state index is 0.241. The SMILES string of the molecule is CNC(=S)NC(=O)c1ccc(OCCc2ccccc2)cc1. The number of hydrogen-bond donors (Lipinski definition) is 2. The quantitative estimate of drug-likeness (QED) is 0.833. The first-order valence-corrected chi connectivity index (χ1v) is 7.39. The van der Waals surface area contributed by atoms with Gasteiger partial charge in [0.2, 0.25) is 0 Å². The van der Waals surface area contributed by atoms with Crippen LogP contribution >= 0.6 is 12.2 Å². The monoisotopic (exact) mass is 314 g/mol. The van der Waals surface area contributed by atoms with Crippen LogP contribution in [0.3, 0.4) is 0 Å². The number of ether oxygens (including phenoxy) is 1. The van der Waals surface area contributed by atoms with Crippen molar-refractivity contribution in [1.82, 2.24) is 10.6 Å². The highest BCUT2D eigenvalue weighted by Crippen LogP contribution is 2.13. The van der Waals surface area contributed by atoms with E-state index in [0.717, 1.165) is 12.2 Å². The molecule has 0 aliphatic rings. The Kier molecular flexibility index (Phi) is 5.91. The number of rotatable bonds is 5. The van der Waals surface area contributed by atoms with Crippen molar-refractivity contribution in [3.05, 3.63) is 65.7 Å². The molecule has 0 fully saturated rings. The summed E-state index contributed by atoms with van der Waals surface area (Å²) in [6.07, 6.45) is 0.847. The highest BCUT2D eigenvalue weighted by atomic mass is 32.1. The zero-order valence-corrected chi connectivity index (χ0v) is 13.2. The number of benzene rings is 2. The van der Waals surface area contributed by atoms with Crippen molar-refractivity contribution in [3.8, 4) is 5.75 Å². The Morgan fingerprint density at radius 2 is 1.77 bits per heavy atom. The molecule has 0 saturated carbocycles. The molecule has 2 aromatic rings. The number of thiocarbonyl (C=S) groups is 1. The van der Waals surface area contributed by atoms with Crippen LogP contribution in [0.25, 0.3) is 0 Å². The van der Waals surface area contributed by atoms with Crippen LogP contribution < -0.4 is 15.4 Å². The average Bonchev–Trinajstić information content (AvgIpc) is 2.56. The van der Waals surface area contributed by atoms with Crippen molar-refractivity contribution in [3.63, 3.8) is 0 Å². The third-order valence-corrected chi connectivity index (χ3v) is 3.38. The molecule has 22 heavy (non-hydrogen) atoms. The van der Waals surface area contributed by atoms with Gasteiger partial charge in [-0.15, -0.1) is 0 Å². The van der Waals surface area contributed by atoms with E-state index in [2.05, 4.69) is 22.8 Å². The van der Waals surface area contributed by atoms with Crippen LogP contribution in [0.2, 0.25) is 0 Å². The van der Waals surface area contributed by atoms with Crippen LogP contribution in [0.5, 0.6) is 5.75 Å². The Hall–Kier alpha value is -2.40. The summed E-state index contributed by atoms with van der Waals surface area (Å²) < 4.78 is 5.68. The normalized spacial score (nSPS) is 9.86. The summed E-state index contributed by atoms with van der Waals surface area (Å²) >= 11 is 4.89. The second kappa shape index (κ2) is 8.14. The van der Waals surface area contributed by atoms with E-state index in [1.54, 1.807) is 31.3 Å². The third kappa shape index (κ3) is 4.86. The Balaban J connectivity index is 1.84. The molecule has 1 amide bonds. The summed E-state index contributed by atoms with van der Waals surface area (Å²) in [5.74, 6) is 0.499. The molecule has 5 heteroatoms. The number of carbonyl (C=O) groups excluding carboxylic acids is 1. The predicted molar refractivity (Wildman–Crippen MR) is 91.2 cm³/mol. The lowest BCUT2D eigenvalue weighted by Crippen LogP contribution is -2.37. The van der Waals surface area contributed by atoms with Crippen molar-refractivity contribution in [2.75, 3.05) is 13.7 Å². The van der Waals surface area contributed by atoms with Gasteiger partial charge in [-0.3, -0.25) is 10.1 Å². The van der Waals surface area contributed by atoms with Crippen LogP contribution in [-0.4, -0.2) is 24.7 Å². The standard InChI is InChI=1S/C17H18N2O2S/c1-18-17(22)19-16(20)14-7-9-15(10-8-14)21-12-11-13-5-3-2-4-6-13/h2-10H,11-12H2,1H3,(H2,18,19,20,22). The van der Waals surface area contributed by atoms with Crippen molar-refractivity contribution in [1.29, 1.82) is 0 Å². The number of carbonyl (C=O) groups is 1. The molecule has 114 valence electrons. The van der Waals surface area contributed by atoms with Gasteiger partial charge < -0.3 is 10.1 Å². The largest absolute Gasteiger partial charge is 0.493 e. The van der Waals surface area contributed by atoms with Gasteiger partial charge in [0, 0.05) is 19.0 Å². The molecule has 0 aromatic heterocycles. The van der Waals surface area contributed by atoms with Crippen molar-refractivity contribution in [2.45, 2.75) is 6.42 Å². The van der Waals surface area contributed by atoms with Gasteiger partial charge in [-0.2, -0.15) is 0 Å². The van der Waals surface area contributed by atoms with Gasteiger partial charge in [0.25, 0.3) is 5.91 Å². The topological polar surface area (TPSA) is 50.4 Å². The van der Waals surface area contributed by atoms with E-state index in [-0.39, 0.29) is 5.91 Å². The van der Waals surface area contributed by atoms with E-state index in [0.29, 0.717) is 17.3 Å². The van der Waals surface area contributed by atoms with E-state index in [4.69, 9.17) is 17.0 Å². The molecular weight excluding hydrogens is 296 g/mol. The van der Waals surface area contributed by atoms with E-state index >= 15 is 0 Å². The summed E-state index contributed by atoms with van der Waals surface area (Å²) in [5, 5.41) is 5.57. The second-order valence-electron chi connectivity index (χ2n) is 4.64. The van der Waals surface area contributed by atoms with Crippen LogP contribution in [-0.2, 0) is 6.42 Å². The summed E-state index contributed by atoms with van der Waals surface area (Å²) in [6.45, 7) is 0.597. The van der Waals surface area contributed by atoms with Crippen LogP contribution in [0.15, 0.2) is 54.6 Å². The zero-order valence-electron chi connectivity index (χ0n) is 12.3. The third-order valence-electron chi connectivity index (χ3n) is 3.07. The summed E-state index contributed by atoms with van der Waals surface area (Å²) in [5.41, 5.74) is 1.77. The first kappa shape index (κ1) is 16.0. The lowest BCUT2D eigenvalue weighted by Gasteiger charge is -2.08. The number of amides is 1. The van der Waals surface area contributed by atoms with E-state index < -0.39 is 0 Å². The first-order valence-electron chi connectivity index (χ1n) is 6.99. The minimum atomic E-state index is -0.241. The van der Waals surface area contributed by atoms with E-state index in [9.17, 15) is 4.79 Å². The Bertz CT molecular complexity index is 627. The molecule has 0 heterocycles. The molecule has 0 spiro atoms. The van der Waals surface area contributed by atoms with Crippen LogP contribution in [0.4, 0.5) is 0 Å². The Morgan fingerprint density at radius 1 is 1.09 bits per heavy atom. The number of nitrogens with one attached hydrogen (secondary N) is 2. The highest BCUT2D eigenvalue weighted by molar-refractivity contribution is 7.80. The van der Waals surface area contributed by atoms with Gasteiger partial charge in [0.1, 0.15) is 5.75 Å². The molecule has 2 N–H and O–H groups in total. The fourth-order valence-corrected chi connectivity index (χ4v) is 1.96. The summed E-state index contributed by atoms with van der Waals surface area (Å²) in [4.78, 5) is 11.8. The molecule has 0 radical (unpaired) electrons. The van der Waals surface area contributed by atoms with Gasteiger partial charge >= 0.3 is 0 Å². The Morgan fingerprint density at radius 3 is 2.41 bits per heavy atom. The Labute approximate surface area is 135 Å². The van der Waals surface area contributed by atoms with Crippen molar-refractivity contribution < 1.29 is 9.53 Å². The number of hydrogen-bond acceptors (Lipinski definition) is 3. The smallest absolute Gasteiger partial charge is 0.257 e.